The molecule has 8 nitrogen and oxygen atoms in total. The number of piperazine rings is 1. The van der Waals surface area contributed by atoms with Crippen molar-refractivity contribution in [2.45, 2.75) is 39.2 Å². The van der Waals surface area contributed by atoms with Crippen molar-refractivity contribution in [3.63, 3.8) is 0 Å². The molecular formula is C25H30FN7O. The molecule has 1 aliphatic carbocycles. The van der Waals surface area contributed by atoms with Crippen molar-refractivity contribution < 1.29 is 9.18 Å². The van der Waals surface area contributed by atoms with E-state index in [1.54, 1.807) is 27.9 Å². The van der Waals surface area contributed by atoms with Gasteiger partial charge in [0.1, 0.15) is 11.5 Å². The molecule has 3 aliphatic rings. The summed E-state index contributed by atoms with van der Waals surface area (Å²) in [5.41, 5.74) is 3.69. The van der Waals surface area contributed by atoms with Crippen LogP contribution >= 0.6 is 0 Å². The van der Waals surface area contributed by atoms with Gasteiger partial charge in [-0.05, 0) is 45.1 Å². The van der Waals surface area contributed by atoms with Gasteiger partial charge in [0.25, 0.3) is 0 Å². The molecule has 2 amide bonds. The summed E-state index contributed by atoms with van der Waals surface area (Å²) >= 11 is 0. The molecular weight excluding hydrogens is 433 g/mol. The van der Waals surface area contributed by atoms with E-state index in [2.05, 4.69) is 38.1 Å². The number of aromatic nitrogens is 3. The highest BCUT2D eigenvalue weighted by molar-refractivity contribution is 6.03. The molecule has 6 rings (SSSR count). The summed E-state index contributed by atoms with van der Waals surface area (Å²) in [5.74, 6) is 1.06. The summed E-state index contributed by atoms with van der Waals surface area (Å²) in [7, 11) is 0. The Balaban J connectivity index is 1.19. The molecule has 2 fully saturated rings. The van der Waals surface area contributed by atoms with E-state index in [0.29, 0.717) is 24.1 Å². The van der Waals surface area contributed by atoms with E-state index in [1.807, 2.05) is 6.92 Å². The molecule has 1 saturated carbocycles. The maximum absolute atomic E-state index is 14.6. The van der Waals surface area contributed by atoms with Crippen molar-refractivity contribution in [3.05, 3.63) is 47.8 Å². The first kappa shape index (κ1) is 21.3. The molecule has 2 aliphatic heterocycles. The van der Waals surface area contributed by atoms with Crippen LogP contribution < -0.4 is 15.1 Å². The molecule has 0 spiro atoms. The molecule has 1 N–H and O–H groups in total. The van der Waals surface area contributed by atoms with E-state index in [-0.39, 0.29) is 11.7 Å². The van der Waals surface area contributed by atoms with Gasteiger partial charge in [-0.15, -0.1) is 0 Å². The summed E-state index contributed by atoms with van der Waals surface area (Å²) < 4.78 is 16.3. The monoisotopic (exact) mass is 463 g/mol. The van der Waals surface area contributed by atoms with Gasteiger partial charge in [0.05, 0.1) is 11.4 Å². The van der Waals surface area contributed by atoms with Crippen LogP contribution in [-0.2, 0) is 6.42 Å². The highest BCUT2D eigenvalue weighted by Crippen LogP contribution is 2.36. The highest BCUT2D eigenvalue weighted by Gasteiger charge is 2.33. The minimum absolute atomic E-state index is 0.125. The molecule has 0 bridgehead atoms. The van der Waals surface area contributed by atoms with Crippen LogP contribution in [0.2, 0.25) is 0 Å². The first-order chi connectivity index (χ1) is 16.5. The zero-order valence-electron chi connectivity index (χ0n) is 19.7. The number of carbonyl (C=O) groups excluding carboxylic acids is 1. The first-order valence-electron chi connectivity index (χ1n) is 12.2. The van der Waals surface area contributed by atoms with Crippen LogP contribution in [0, 0.1) is 18.7 Å². The van der Waals surface area contributed by atoms with E-state index in [1.165, 1.54) is 31.1 Å². The van der Waals surface area contributed by atoms with E-state index < -0.39 is 5.82 Å². The molecule has 0 radical (unpaired) electrons. The highest BCUT2D eigenvalue weighted by atomic mass is 19.1. The topological polar surface area (TPSA) is 69.0 Å². The van der Waals surface area contributed by atoms with Gasteiger partial charge in [0, 0.05) is 74.7 Å². The quantitative estimate of drug-likeness (QED) is 0.639. The van der Waals surface area contributed by atoms with Gasteiger partial charge in [-0.1, -0.05) is 0 Å². The molecule has 1 saturated heterocycles. The first-order valence-corrected chi connectivity index (χ1v) is 12.2. The van der Waals surface area contributed by atoms with Crippen molar-refractivity contribution in [1.82, 2.24) is 19.3 Å². The number of hydrogen-bond donors (Lipinski definition) is 1. The summed E-state index contributed by atoms with van der Waals surface area (Å²) in [5, 5.41) is 2.73. The predicted octanol–water partition coefficient (Wildman–Crippen LogP) is 3.69. The molecule has 5 heterocycles. The number of urea groups is 1. The van der Waals surface area contributed by atoms with Crippen molar-refractivity contribution in [1.29, 1.82) is 0 Å². The minimum Gasteiger partial charge on any atom is -0.368 e. The van der Waals surface area contributed by atoms with Gasteiger partial charge < -0.3 is 14.6 Å². The Morgan fingerprint density at radius 2 is 2.09 bits per heavy atom. The average Bonchev–Trinajstić information content (AvgIpc) is 3.40. The van der Waals surface area contributed by atoms with Crippen molar-refractivity contribution >= 4 is 28.9 Å². The van der Waals surface area contributed by atoms with Crippen LogP contribution in [0.1, 0.15) is 31.0 Å². The third kappa shape index (κ3) is 3.87. The van der Waals surface area contributed by atoms with E-state index in [4.69, 9.17) is 0 Å². The van der Waals surface area contributed by atoms with Crippen LogP contribution in [0.5, 0.6) is 0 Å². The second kappa shape index (κ2) is 8.23. The Hall–Kier alpha value is -3.20. The number of carbonyl (C=O) groups is 1. The molecule has 34 heavy (non-hydrogen) atoms. The van der Waals surface area contributed by atoms with Crippen molar-refractivity contribution in [2.75, 3.05) is 47.8 Å². The van der Waals surface area contributed by atoms with Crippen LogP contribution in [0.3, 0.4) is 0 Å². The van der Waals surface area contributed by atoms with Crippen LogP contribution in [0.25, 0.3) is 5.65 Å². The molecule has 0 unspecified atom stereocenters. The average molecular weight is 464 g/mol. The number of fused-ring (bicyclic) bond motifs is 2. The Bertz CT molecular complexity index is 1250. The lowest BCUT2D eigenvalue weighted by Gasteiger charge is -2.41. The Morgan fingerprint density at radius 1 is 1.24 bits per heavy atom. The number of halogens is 1. The normalized spacial score (nSPS) is 20.7. The number of rotatable bonds is 4. The van der Waals surface area contributed by atoms with Gasteiger partial charge >= 0.3 is 6.03 Å². The van der Waals surface area contributed by atoms with Crippen LogP contribution in [0.4, 0.5) is 26.4 Å². The number of imidazole rings is 1. The fourth-order valence-electron chi connectivity index (χ4n) is 5.30. The lowest BCUT2D eigenvalue weighted by atomic mass is 10.1. The molecule has 3 aromatic rings. The second-order valence-electron chi connectivity index (χ2n) is 9.88. The van der Waals surface area contributed by atoms with Crippen LogP contribution in [-0.4, -0.2) is 64.1 Å². The van der Waals surface area contributed by atoms with Gasteiger partial charge in [0.2, 0.25) is 0 Å². The summed E-state index contributed by atoms with van der Waals surface area (Å²) in [6, 6.07) is 3.53. The van der Waals surface area contributed by atoms with Crippen LogP contribution in [0.15, 0.2) is 30.7 Å². The number of nitrogens with zero attached hydrogens (tertiary/aromatic N) is 6. The Labute approximate surface area is 198 Å². The molecule has 9 heteroatoms. The molecule has 178 valence electrons. The molecule has 0 aromatic carbocycles. The lowest BCUT2D eigenvalue weighted by Crippen LogP contribution is -2.52. The molecule has 3 aromatic heterocycles. The molecule has 1 atom stereocenters. The third-order valence-corrected chi connectivity index (χ3v) is 7.29. The van der Waals surface area contributed by atoms with E-state index in [0.717, 1.165) is 43.2 Å². The van der Waals surface area contributed by atoms with Gasteiger partial charge in [-0.25, -0.2) is 19.2 Å². The zero-order valence-corrected chi connectivity index (χ0v) is 19.7. The van der Waals surface area contributed by atoms with Crippen molar-refractivity contribution in [2.24, 2.45) is 5.92 Å². The number of pyridine rings is 2. The Kier molecular flexibility index (Phi) is 5.17. The van der Waals surface area contributed by atoms with E-state index in [9.17, 15) is 9.18 Å². The lowest BCUT2D eigenvalue weighted by molar-refractivity contribution is 0.182. The maximum Gasteiger partial charge on any atom is 0.327 e. The van der Waals surface area contributed by atoms with E-state index >= 15 is 0 Å². The fraction of sp³-hybridized carbons (Fsp3) is 0.480. The SMILES string of the molecule is Cc1cn2cc(NC(=O)N3CCc4c(N5CCN(CC6CC6)[C@@H](C)C5)ccnc43)c(F)cc2n1. The second-order valence-corrected chi connectivity index (χ2v) is 9.88. The standard InChI is InChI=1S/C25H30FN7O/c1-16-12-32-15-21(20(26)11-23(32)28-16)29-25(34)33-8-6-19-22(5-7-27-24(19)33)31-10-9-30(17(2)13-31)14-18-3-4-18/h5,7,11-12,15,17-18H,3-4,6,8-10,13-14H2,1-2H3,(H,29,34)/t17-/m0/s1. The number of hydrogen-bond acceptors (Lipinski definition) is 5. The summed E-state index contributed by atoms with van der Waals surface area (Å²) in [4.78, 5) is 28.6. The third-order valence-electron chi connectivity index (χ3n) is 7.29. The van der Waals surface area contributed by atoms with Gasteiger partial charge in [-0.2, -0.15) is 0 Å². The van der Waals surface area contributed by atoms with Crippen molar-refractivity contribution in [3.8, 4) is 0 Å². The Morgan fingerprint density at radius 3 is 2.88 bits per heavy atom. The zero-order chi connectivity index (χ0) is 23.4. The largest absolute Gasteiger partial charge is 0.368 e. The number of amides is 2. The summed E-state index contributed by atoms with van der Waals surface area (Å²) in [6.45, 7) is 8.92. The predicted molar refractivity (Wildman–Crippen MR) is 130 cm³/mol. The minimum atomic E-state index is -0.509. The van der Waals surface area contributed by atoms with Gasteiger partial charge in [0.15, 0.2) is 5.82 Å². The maximum atomic E-state index is 14.6. The number of anilines is 3. The summed E-state index contributed by atoms with van der Waals surface area (Å²) in [6.07, 6.45) is 8.64. The fourth-order valence-corrected chi connectivity index (χ4v) is 5.30. The number of nitrogens with one attached hydrogen (secondary N) is 1. The van der Waals surface area contributed by atoms with Gasteiger partial charge in [-0.3, -0.25) is 9.80 Å². The smallest absolute Gasteiger partial charge is 0.327 e. The number of aryl methyl sites for hydroxylation is 1.